The van der Waals surface area contributed by atoms with Gasteiger partial charge in [0, 0.05) is 18.4 Å². The summed E-state index contributed by atoms with van der Waals surface area (Å²) in [5.74, 6) is 0.744. The lowest BCUT2D eigenvalue weighted by Crippen LogP contribution is -2.36. The molecule has 0 aliphatic rings. The first-order chi connectivity index (χ1) is 8.37. The van der Waals surface area contributed by atoms with E-state index in [1.54, 1.807) is 11.3 Å². The van der Waals surface area contributed by atoms with Gasteiger partial charge in [-0.25, -0.2) is 0 Å². The number of nitrogens with one attached hydrogen (secondary N) is 1. The van der Waals surface area contributed by atoms with Gasteiger partial charge in [-0.15, -0.1) is 21.5 Å². The molecule has 0 aliphatic heterocycles. The minimum atomic E-state index is 0.212. The summed E-state index contributed by atoms with van der Waals surface area (Å²) in [6, 6.07) is 0. The standard InChI is InChI=1S/C14H27N3S/c1-11(2)8-9-13-17-16-12(18-13)7-6-10-15-14(3,4)5/h11,15H,6-10H2,1-5H3. The molecule has 1 aromatic rings. The maximum Gasteiger partial charge on any atom is 0.117 e. The molecule has 104 valence electrons. The zero-order valence-corrected chi connectivity index (χ0v) is 13.2. The summed E-state index contributed by atoms with van der Waals surface area (Å²) < 4.78 is 0. The molecule has 1 aromatic heterocycles. The number of rotatable bonds is 7. The second kappa shape index (κ2) is 7.19. The predicted molar refractivity (Wildman–Crippen MR) is 79.1 cm³/mol. The van der Waals surface area contributed by atoms with Crippen LogP contribution in [0.5, 0.6) is 0 Å². The second-order valence-electron chi connectivity index (χ2n) is 6.30. The van der Waals surface area contributed by atoms with Crippen LogP contribution in [-0.4, -0.2) is 22.3 Å². The molecule has 0 aliphatic carbocycles. The van der Waals surface area contributed by atoms with Gasteiger partial charge in [0.1, 0.15) is 10.0 Å². The van der Waals surface area contributed by atoms with Crippen molar-refractivity contribution in [1.29, 1.82) is 0 Å². The first-order valence-corrected chi connectivity index (χ1v) is 7.75. The smallest absolute Gasteiger partial charge is 0.117 e. The summed E-state index contributed by atoms with van der Waals surface area (Å²) in [6.07, 6.45) is 4.47. The van der Waals surface area contributed by atoms with E-state index in [0.29, 0.717) is 0 Å². The quantitative estimate of drug-likeness (QED) is 0.770. The Balaban J connectivity index is 2.23. The summed E-state index contributed by atoms with van der Waals surface area (Å²) in [7, 11) is 0. The summed E-state index contributed by atoms with van der Waals surface area (Å²) in [5, 5.41) is 14.4. The van der Waals surface area contributed by atoms with E-state index in [2.05, 4.69) is 50.1 Å². The molecule has 0 unspecified atom stereocenters. The van der Waals surface area contributed by atoms with Gasteiger partial charge in [0.15, 0.2) is 0 Å². The van der Waals surface area contributed by atoms with E-state index in [9.17, 15) is 0 Å². The predicted octanol–water partition coefficient (Wildman–Crippen LogP) is 3.45. The molecule has 0 saturated carbocycles. The van der Waals surface area contributed by atoms with Crippen molar-refractivity contribution < 1.29 is 0 Å². The van der Waals surface area contributed by atoms with Crippen LogP contribution in [0.2, 0.25) is 0 Å². The van der Waals surface area contributed by atoms with E-state index < -0.39 is 0 Å². The lowest BCUT2D eigenvalue weighted by Gasteiger charge is -2.20. The van der Waals surface area contributed by atoms with Gasteiger partial charge >= 0.3 is 0 Å². The van der Waals surface area contributed by atoms with Crippen molar-refractivity contribution in [3.05, 3.63) is 10.0 Å². The molecule has 0 spiro atoms. The molecule has 1 rings (SSSR count). The molecule has 3 nitrogen and oxygen atoms in total. The SMILES string of the molecule is CC(C)CCc1nnc(CCCNC(C)(C)C)s1. The zero-order chi connectivity index (χ0) is 13.6. The maximum absolute atomic E-state index is 4.27. The first kappa shape index (κ1) is 15.6. The van der Waals surface area contributed by atoms with Crippen LogP contribution >= 0.6 is 11.3 Å². The highest BCUT2D eigenvalue weighted by molar-refractivity contribution is 7.11. The molecule has 4 heteroatoms. The third-order valence-electron chi connectivity index (χ3n) is 2.67. The number of aromatic nitrogens is 2. The van der Waals surface area contributed by atoms with Crippen LogP contribution < -0.4 is 5.32 Å². The molecule has 0 saturated heterocycles. The molecule has 18 heavy (non-hydrogen) atoms. The van der Waals surface area contributed by atoms with Gasteiger partial charge < -0.3 is 5.32 Å². The first-order valence-electron chi connectivity index (χ1n) is 6.93. The number of hydrogen-bond acceptors (Lipinski definition) is 4. The van der Waals surface area contributed by atoms with Crippen LogP contribution in [0.3, 0.4) is 0 Å². The minimum absolute atomic E-state index is 0.212. The third kappa shape index (κ3) is 7.07. The topological polar surface area (TPSA) is 37.8 Å². The second-order valence-corrected chi connectivity index (χ2v) is 7.45. The van der Waals surface area contributed by atoms with E-state index in [1.807, 2.05) is 0 Å². The highest BCUT2D eigenvalue weighted by atomic mass is 32.1. The molecule has 0 atom stereocenters. The van der Waals surface area contributed by atoms with Crippen LogP contribution in [0.15, 0.2) is 0 Å². The van der Waals surface area contributed by atoms with Gasteiger partial charge in [0.05, 0.1) is 0 Å². The lowest BCUT2D eigenvalue weighted by atomic mass is 10.1. The largest absolute Gasteiger partial charge is 0.312 e. The summed E-state index contributed by atoms with van der Waals surface area (Å²) in [5.41, 5.74) is 0.212. The lowest BCUT2D eigenvalue weighted by molar-refractivity contribution is 0.422. The molecule has 0 fully saturated rings. The van der Waals surface area contributed by atoms with Crippen molar-refractivity contribution >= 4 is 11.3 Å². The van der Waals surface area contributed by atoms with Crippen molar-refractivity contribution in [3.8, 4) is 0 Å². The Kier molecular flexibility index (Phi) is 6.22. The molecule has 0 bridgehead atoms. The molecule has 0 aromatic carbocycles. The van der Waals surface area contributed by atoms with E-state index in [4.69, 9.17) is 0 Å². The number of aryl methyl sites for hydroxylation is 2. The monoisotopic (exact) mass is 269 g/mol. The number of hydrogen-bond donors (Lipinski definition) is 1. The Morgan fingerprint density at radius 1 is 1.11 bits per heavy atom. The summed E-state index contributed by atoms with van der Waals surface area (Å²) in [6.45, 7) is 12.1. The van der Waals surface area contributed by atoms with Crippen molar-refractivity contribution in [2.75, 3.05) is 6.54 Å². The van der Waals surface area contributed by atoms with Gasteiger partial charge in [-0.3, -0.25) is 0 Å². The summed E-state index contributed by atoms with van der Waals surface area (Å²) in [4.78, 5) is 0. The van der Waals surface area contributed by atoms with E-state index in [-0.39, 0.29) is 5.54 Å². The van der Waals surface area contributed by atoms with Gasteiger partial charge in [0.2, 0.25) is 0 Å². The van der Waals surface area contributed by atoms with Crippen LogP contribution in [0.1, 0.15) is 57.5 Å². The molecular formula is C14H27N3S. The van der Waals surface area contributed by atoms with Gasteiger partial charge in [-0.1, -0.05) is 13.8 Å². The zero-order valence-electron chi connectivity index (χ0n) is 12.4. The van der Waals surface area contributed by atoms with Crippen molar-refractivity contribution in [3.63, 3.8) is 0 Å². The van der Waals surface area contributed by atoms with Crippen LogP contribution in [0, 0.1) is 5.92 Å². The van der Waals surface area contributed by atoms with Crippen molar-refractivity contribution in [2.24, 2.45) is 5.92 Å². The van der Waals surface area contributed by atoms with Crippen LogP contribution in [0.25, 0.3) is 0 Å². The van der Waals surface area contributed by atoms with Gasteiger partial charge in [-0.05, 0) is 46.1 Å². The Labute approximate surface area is 115 Å². The molecule has 0 amide bonds. The fraction of sp³-hybridized carbons (Fsp3) is 0.857. The Hall–Kier alpha value is -0.480. The molecule has 1 N–H and O–H groups in total. The van der Waals surface area contributed by atoms with E-state index in [0.717, 1.165) is 31.7 Å². The van der Waals surface area contributed by atoms with Gasteiger partial charge in [0.25, 0.3) is 0 Å². The maximum atomic E-state index is 4.27. The average molecular weight is 269 g/mol. The normalized spacial score (nSPS) is 12.3. The van der Waals surface area contributed by atoms with Crippen LogP contribution in [-0.2, 0) is 12.8 Å². The highest BCUT2D eigenvalue weighted by Gasteiger charge is 2.09. The highest BCUT2D eigenvalue weighted by Crippen LogP contribution is 2.15. The minimum Gasteiger partial charge on any atom is -0.312 e. The van der Waals surface area contributed by atoms with Crippen molar-refractivity contribution in [1.82, 2.24) is 15.5 Å². The average Bonchev–Trinajstić information content (AvgIpc) is 2.68. The molecular weight excluding hydrogens is 242 g/mol. The third-order valence-corrected chi connectivity index (χ3v) is 3.71. The fourth-order valence-corrected chi connectivity index (χ4v) is 2.51. The molecule has 1 heterocycles. The van der Waals surface area contributed by atoms with E-state index >= 15 is 0 Å². The fourth-order valence-electron chi connectivity index (χ4n) is 1.61. The summed E-state index contributed by atoms with van der Waals surface area (Å²) >= 11 is 1.78. The Bertz CT molecular complexity index is 339. The molecule has 0 radical (unpaired) electrons. The van der Waals surface area contributed by atoms with Gasteiger partial charge in [-0.2, -0.15) is 0 Å². The Morgan fingerprint density at radius 3 is 2.28 bits per heavy atom. The number of nitrogens with zero attached hydrogens (tertiary/aromatic N) is 2. The van der Waals surface area contributed by atoms with Crippen LogP contribution in [0.4, 0.5) is 0 Å². The van der Waals surface area contributed by atoms with Crippen molar-refractivity contribution in [2.45, 2.75) is 65.8 Å². The Morgan fingerprint density at radius 2 is 1.72 bits per heavy atom. The van der Waals surface area contributed by atoms with E-state index in [1.165, 1.54) is 16.4 Å².